The molecule has 0 atom stereocenters. The van der Waals surface area contributed by atoms with Gasteiger partial charge in [0.1, 0.15) is 4.88 Å². The average Bonchev–Trinajstić information content (AvgIpc) is 2.84. The van der Waals surface area contributed by atoms with Crippen LogP contribution in [0.4, 0.5) is 5.13 Å². The van der Waals surface area contributed by atoms with Crippen LogP contribution in [0, 0.1) is 6.92 Å². The molecule has 1 aromatic rings. The summed E-state index contributed by atoms with van der Waals surface area (Å²) in [6, 6.07) is 0.404. The lowest BCUT2D eigenvalue weighted by atomic mass is 10.1. The van der Waals surface area contributed by atoms with Crippen LogP contribution in [-0.4, -0.2) is 44.4 Å². The minimum atomic E-state index is -0.317. The molecule has 5 nitrogen and oxygen atoms in total. The molecule has 0 fully saturated rings. The number of esters is 1. The van der Waals surface area contributed by atoms with Gasteiger partial charge in [0.05, 0.1) is 19.4 Å². The first-order valence-electron chi connectivity index (χ1n) is 6.90. The summed E-state index contributed by atoms with van der Waals surface area (Å²) in [4.78, 5) is 19.0. The maximum atomic E-state index is 11.7. The van der Waals surface area contributed by atoms with Crippen molar-refractivity contribution >= 4 is 22.4 Å². The summed E-state index contributed by atoms with van der Waals surface area (Å²) >= 11 is 1.39. The van der Waals surface area contributed by atoms with Gasteiger partial charge in [0.2, 0.25) is 0 Å². The number of carbonyl (C=O) groups is 1. The first-order valence-corrected chi connectivity index (χ1v) is 7.71. The highest BCUT2D eigenvalue weighted by Crippen LogP contribution is 2.29. The van der Waals surface area contributed by atoms with Crippen molar-refractivity contribution in [1.29, 1.82) is 0 Å². The van der Waals surface area contributed by atoms with E-state index in [4.69, 9.17) is 9.47 Å². The van der Waals surface area contributed by atoms with Crippen LogP contribution >= 0.6 is 11.3 Å². The minimum Gasteiger partial charge on any atom is -0.465 e. The average molecular weight is 300 g/mol. The van der Waals surface area contributed by atoms with Crippen LogP contribution < -0.4 is 4.90 Å². The molecule has 0 spiro atoms. The van der Waals surface area contributed by atoms with Crippen molar-refractivity contribution in [3.63, 3.8) is 0 Å². The lowest BCUT2D eigenvalue weighted by Crippen LogP contribution is -2.37. The highest BCUT2D eigenvalue weighted by Gasteiger charge is 2.23. The van der Waals surface area contributed by atoms with Crippen LogP contribution in [0.15, 0.2) is 0 Å². The van der Waals surface area contributed by atoms with E-state index in [-0.39, 0.29) is 5.97 Å². The molecular weight excluding hydrogens is 276 g/mol. The summed E-state index contributed by atoms with van der Waals surface area (Å²) in [6.07, 6.45) is 2.07. The van der Waals surface area contributed by atoms with E-state index in [1.807, 2.05) is 6.92 Å². The summed E-state index contributed by atoms with van der Waals surface area (Å²) in [5.41, 5.74) is 0.727. The van der Waals surface area contributed by atoms with Gasteiger partial charge in [0.25, 0.3) is 0 Å². The van der Waals surface area contributed by atoms with Crippen LogP contribution in [0.5, 0.6) is 0 Å². The molecule has 20 heavy (non-hydrogen) atoms. The number of carbonyl (C=O) groups excluding carboxylic acids is 1. The maximum Gasteiger partial charge on any atom is 0.350 e. The molecular formula is C14H24N2O3S. The quantitative estimate of drug-likeness (QED) is 0.691. The fraction of sp³-hybridized carbons (Fsp3) is 0.714. The Kier molecular flexibility index (Phi) is 6.95. The number of rotatable bonds is 8. The van der Waals surface area contributed by atoms with Crippen molar-refractivity contribution in [3.8, 4) is 0 Å². The van der Waals surface area contributed by atoms with Crippen LogP contribution in [0.3, 0.4) is 0 Å². The number of nitrogens with zero attached hydrogens (tertiary/aromatic N) is 2. The molecule has 0 aliphatic carbocycles. The fourth-order valence-corrected chi connectivity index (χ4v) is 3.22. The summed E-state index contributed by atoms with van der Waals surface area (Å²) in [6.45, 7) is 7.58. The third-order valence-electron chi connectivity index (χ3n) is 3.32. The molecule has 0 aromatic carbocycles. The zero-order valence-electron chi connectivity index (χ0n) is 12.9. The molecule has 6 heteroatoms. The zero-order chi connectivity index (χ0) is 15.1. The van der Waals surface area contributed by atoms with Crippen LogP contribution in [-0.2, 0) is 9.47 Å². The Labute approximate surface area is 124 Å². The monoisotopic (exact) mass is 300 g/mol. The fourth-order valence-electron chi connectivity index (χ4n) is 2.14. The smallest absolute Gasteiger partial charge is 0.350 e. The van der Waals surface area contributed by atoms with Gasteiger partial charge in [-0.1, -0.05) is 25.2 Å². The molecule has 1 heterocycles. The number of hydrogen-bond acceptors (Lipinski definition) is 6. The zero-order valence-corrected chi connectivity index (χ0v) is 13.7. The van der Waals surface area contributed by atoms with Crippen molar-refractivity contribution < 1.29 is 14.3 Å². The summed E-state index contributed by atoms with van der Waals surface area (Å²) in [5, 5.41) is 0.869. The Bertz CT molecular complexity index is 430. The first-order chi connectivity index (χ1) is 9.58. The summed E-state index contributed by atoms with van der Waals surface area (Å²) in [5.74, 6) is -0.317. The molecule has 1 rings (SSSR count). The highest BCUT2D eigenvalue weighted by atomic mass is 32.1. The summed E-state index contributed by atoms with van der Waals surface area (Å²) in [7, 11) is 3.09. The molecule has 0 N–H and O–H groups in total. The molecule has 0 unspecified atom stereocenters. The second-order valence-electron chi connectivity index (χ2n) is 4.56. The normalized spacial score (nSPS) is 10.9. The van der Waals surface area contributed by atoms with Gasteiger partial charge in [0, 0.05) is 19.7 Å². The van der Waals surface area contributed by atoms with E-state index < -0.39 is 0 Å². The maximum absolute atomic E-state index is 11.7. The van der Waals surface area contributed by atoms with Gasteiger partial charge in [-0.15, -0.1) is 0 Å². The summed E-state index contributed by atoms with van der Waals surface area (Å²) < 4.78 is 9.97. The number of anilines is 1. The lowest BCUT2D eigenvalue weighted by molar-refractivity contribution is 0.0605. The van der Waals surface area contributed by atoms with E-state index in [1.54, 1.807) is 7.11 Å². The number of hydrogen-bond donors (Lipinski definition) is 0. The second-order valence-corrected chi connectivity index (χ2v) is 5.54. The number of thiazole rings is 1. The van der Waals surface area contributed by atoms with Gasteiger partial charge in [-0.25, -0.2) is 9.78 Å². The standard InChI is InChI=1S/C14H24N2O3S/c1-6-11(7-2)16(8-9-18-4)14-15-10(3)12(20-14)13(17)19-5/h11H,6-9H2,1-5H3. The van der Waals surface area contributed by atoms with E-state index in [0.29, 0.717) is 17.5 Å². The predicted molar refractivity (Wildman–Crippen MR) is 81.8 cm³/mol. The number of aryl methyl sites for hydroxylation is 1. The van der Waals surface area contributed by atoms with Gasteiger partial charge < -0.3 is 14.4 Å². The molecule has 0 aliphatic heterocycles. The van der Waals surface area contributed by atoms with Gasteiger partial charge in [-0.05, 0) is 19.8 Å². The Morgan fingerprint density at radius 2 is 2.00 bits per heavy atom. The van der Waals surface area contributed by atoms with Gasteiger partial charge in [-0.2, -0.15) is 0 Å². The van der Waals surface area contributed by atoms with Crippen molar-refractivity contribution in [1.82, 2.24) is 4.98 Å². The molecule has 1 aromatic heterocycles. The van der Waals surface area contributed by atoms with Gasteiger partial charge in [-0.3, -0.25) is 0 Å². The van der Waals surface area contributed by atoms with Crippen LogP contribution in [0.25, 0.3) is 0 Å². The van der Waals surface area contributed by atoms with Gasteiger partial charge in [0.15, 0.2) is 5.13 Å². The molecule has 114 valence electrons. The van der Waals surface area contributed by atoms with Crippen LogP contribution in [0.1, 0.15) is 42.1 Å². The van der Waals surface area contributed by atoms with E-state index in [0.717, 1.165) is 30.2 Å². The number of methoxy groups -OCH3 is 2. The Morgan fingerprint density at radius 3 is 2.50 bits per heavy atom. The molecule has 0 aliphatic rings. The van der Waals surface area contributed by atoms with E-state index >= 15 is 0 Å². The Balaban J connectivity index is 3.04. The Hall–Kier alpha value is -1.14. The molecule has 0 radical (unpaired) electrons. The first kappa shape index (κ1) is 16.9. The van der Waals surface area contributed by atoms with Crippen molar-refractivity contribution in [2.24, 2.45) is 0 Å². The van der Waals surface area contributed by atoms with E-state index in [2.05, 4.69) is 23.7 Å². The second kappa shape index (κ2) is 8.21. The Morgan fingerprint density at radius 1 is 1.35 bits per heavy atom. The minimum absolute atomic E-state index is 0.317. The van der Waals surface area contributed by atoms with Crippen molar-refractivity contribution in [3.05, 3.63) is 10.6 Å². The number of aromatic nitrogens is 1. The highest BCUT2D eigenvalue weighted by molar-refractivity contribution is 7.17. The topological polar surface area (TPSA) is 51.7 Å². The van der Waals surface area contributed by atoms with E-state index in [9.17, 15) is 4.79 Å². The molecule has 0 bridgehead atoms. The number of ether oxygens (including phenoxy) is 2. The molecule has 0 saturated heterocycles. The molecule has 0 saturated carbocycles. The van der Waals surface area contributed by atoms with Crippen molar-refractivity contribution in [2.45, 2.75) is 39.7 Å². The van der Waals surface area contributed by atoms with Gasteiger partial charge >= 0.3 is 5.97 Å². The predicted octanol–water partition coefficient (Wildman–Crippen LogP) is 2.88. The SMILES string of the molecule is CCC(CC)N(CCOC)c1nc(C)c(C(=O)OC)s1. The molecule has 0 amide bonds. The van der Waals surface area contributed by atoms with E-state index in [1.165, 1.54) is 18.4 Å². The lowest BCUT2D eigenvalue weighted by Gasteiger charge is -2.29. The van der Waals surface area contributed by atoms with Crippen molar-refractivity contribution in [2.75, 3.05) is 32.3 Å². The largest absolute Gasteiger partial charge is 0.465 e. The third-order valence-corrected chi connectivity index (χ3v) is 4.50. The van der Waals surface area contributed by atoms with Crippen LogP contribution in [0.2, 0.25) is 0 Å². The third kappa shape index (κ3) is 3.93.